The van der Waals surface area contributed by atoms with Gasteiger partial charge in [-0.05, 0) is 58.7 Å². The molecular weight excluding hydrogens is 366 g/mol. The van der Waals surface area contributed by atoms with E-state index >= 15 is 0 Å². The second kappa shape index (κ2) is 9.03. The van der Waals surface area contributed by atoms with Crippen LogP contribution in [-0.4, -0.2) is 50.4 Å². The number of nitrogens with one attached hydrogen (secondary N) is 2. The number of carbonyl (C=O) groups excluding carboxylic acids is 1. The van der Waals surface area contributed by atoms with Gasteiger partial charge in [-0.1, -0.05) is 6.42 Å². The van der Waals surface area contributed by atoms with E-state index in [1.165, 1.54) is 10.4 Å². The number of carbonyl (C=O) groups is 1. The van der Waals surface area contributed by atoms with Gasteiger partial charge in [0.25, 0.3) is 0 Å². The predicted octanol–water partition coefficient (Wildman–Crippen LogP) is 2.59. The fourth-order valence-corrected chi connectivity index (χ4v) is 4.53. The number of nitrogens with zero attached hydrogens (tertiary/aromatic N) is 1. The molecule has 8 heteroatoms. The molecule has 1 amide bonds. The van der Waals surface area contributed by atoms with E-state index in [4.69, 9.17) is 4.74 Å². The third kappa shape index (κ3) is 6.19. The van der Waals surface area contributed by atoms with Crippen molar-refractivity contribution in [2.24, 2.45) is 0 Å². The van der Waals surface area contributed by atoms with Crippen molar-refractivity contribution in [3.63, 3.8) is 0 Å². The molecule has 152 valence electrons. The van der Waals surface area contributed by atoms with E-state index in [-0.39, 0.29) is 22.9 Å². The van der Waals surface area contributed by atoms with Crippen molar-refractivity contribution in [3.8, 4) is 5.75 Å². The number of benzene rings is 1. The van der Waals surface area contributed by atoms with Crippen molar-refractivity contribution in [2.75, 3.05) is 31.6 Å². The van der Waals surface area contributed by atoms with E-state index in [1.807, 2.05) is 27.7 Å². The highest BCUT2D eigenvalue weighted by Gasteiger charge is 2.29. The predicted molar refractivity (Wildman–Crippen MR) is 107 cm³/mol. The fourth-order valence-electron chi connectivity index (χ4n) is 2.86. The summed E-state index contributed by atoms with van der Waals surface area (Å²) in [5, 5.41) is 5.87. The molecule has 1 aromatic carbocycles. The summed E-state index contributed by atoms with van der Waals surface area (Å²) in [4.78, 5) is 12.3. The standard InChI is InChI=1S/C19H31N3O4S/c1-5-26-16-10-9-15(21-18(23)14-20-19(2,3)4)13-17(16)27(24,25)22-11-7-6-8-12-22/h9-10,13,20H,5-8,11-12,14H2,1-4H3,(H,21,23). The van der Waals surface area contributed by atoms with Gasteiger partial charge in [-0.3, -0.25) is 4.79 Å². The van der Waals surface area contributed by atoms with Gasteiger partial charge >= 0.3 is 0 Å². The molecule has 1 fully saturated rings. The fraction of sp³-hybridized carbons (Fsp3) is 0.632. The van der Waals surface area contributed by atoms with Crippen LogP contribution in [0.25, 0.3) is 0 Å². The second-order valence-electron chi connectivity index (χ2n) is 7.71. The Labute approximate surface area is 162 Å². The average Bonchev–Trinajstić information content (AvgIpc) is 2.61. The normalized spacial score (nSPS) is 16.1. The summed E-state index contributed by atoms with van der Waals surface area (Å²) >= 11 is 0. The van der Waals surface area contributed by atoms with Gasteiger partial charge in [-0.25, -0.2) is 8.42 Å². The summed E-state index contributed by atoms with van der Waals surface area (Å²) in [7, 11) is -3.67. The molecule has 1 aromatic rings. The van der Waals surface area contributed by atoms with Crippen molar-refractivity contribution in [3.05, 3.63) is 18.2 Å². The highest BCUT2D eigenvalue weighted by molar-refractivity contribution is 7.89. The van der Waals surface area contributed by atoms with E-state index < -0.39 is 10.0 Å². The molecule has 1 saturated heterocycles. The molecule has 0 atom stereocenters. The molecule has 0 aliphatic carbocycles. The van der Waals surface area contributed by atoms with E-state index in [9.17, 15) is 13.2 Å². The molecule has 1 aliphatic rings. The van der Waals surface area contributed by atoms with Crippen LogP contribution < -0.4 is 15.4 Å². The number of hydrogen-bond donors (Lipinski definition) is 2. The Hall–Kier alpha value is -1.64. The first-order valence-electron chi connectivity index (χ1n) is 9.45. The lowest BCUT2D eigenvalue weighted by Crippen LogP contribution is -2.41. The van der Waals surface area contributed by atoms with Crippen molar-refractivity contribution >= 4 is 21.6 Å². The Morgan fingerprint density at radius 3 is 2.44 bits per heavy atom. The number of anilines is 1. The zero-order chi connectivity index (χ0) is 20.1. The molecule has 0 bridgehead atoms. The number of piperidine rings is 1. The SMILES string of the molecule is CCOc1ccc(NC(=O)CNC(C)(C)C)cc1S(=O)(=O)N1CCCCC1. The molecule has 27 heavy (non-hydrogen) atoms. The van der Waals surface area contributed by atoms with Gasteiger partial charge in [0, 0.05) is 24.3 Å². The molecule has 0 radical (unpaired) electrons. The maximum absolute atomic E-state index is 13.1. The zero-order valence-electron chi connectivity index (χ0n) is 16.7. The molecule has 0 spiro atoms. The van der Waals surface area contributed by atoms with Gasteiger partial charge in [0.05, 0.1) is 13.2 Å². The van der Waals surface area contributed by atoms with Crippen molar-refractivity contribution in [1.29, 1.82) is 0 Å². The van der Waals surface area contributed by atoms with Crippen LogP contribution >= 0.6 is 0 Å². The Bertz CT molecular complexity index is 751. The average molecular weight is 398 g/mol. The maximum atomic E-state index is 13.1. The molecular formula is C19H31N3O4S. The molecule has 0 unspecified atom stereocenters. The molecule has 2 N–H and O–H groups in total. The van der Waals surface area contributed by atoms with Crippen LogP contribution in [0, 0.1) is 0 Å². The number of rotatable bonds is 7. The first-order valence-corrected chi connectivity index (χ1v) is 10.9. The molecule has 7 nitrogen and oxygen atoms in total. The number of hydrogen-bond acceptors (Lipinski definition) is 5. The van der Waals surface area contributed by atoms with Gasteiger partial charge in [-0.15, -0.1) is 0 Å². The molecule has 2 rings (SSSR count). The molecule has 1 heterocycles. The lowest BCUT2D eigenvalue weighted by molar-refractivity contribution is -0.115. The molecule has 0 aromatic heterocycles. The van der Waals surface area contributed by atoms with E-state index in [0.29, 0.717) is 31.1 Å². The first kappa shape index (κ1) is 21.7. The van der Waals surface area contributed by atoms with Crippen LogP contribution in [0.3, 0.4) is 0 Å². The van der Waals surface area contributed by atoms with Crippen LogP contribution in [-0.2, 0) is 14.8 Å². The van der Waals surface area contributed by atoms with Crippen LogP contribution in [0.5, 0.6) is 5.75 Å². The smallest absolute Gasteiger partial charge is 0.246 e. The van der Waals surface area contributed by atoms with E-state index in [1.54, 1.807) is 12.1 Å². The quantitative estimate of drug-likeness (QED) is 0.738. The highest BCUT2D eigenvalue weighted by Crippen LogP contribution is 2.31. The van der Waals surface area contributed by atoms with Gasteiger partial charge in [-0.2, -0.15) is 4.31 Å². The first-order chi connectivity index (χ1) is 12.6. The third-order valence-corrected chi connectivity index (χ3v) is 6.16. The summed E-state index contributed by atoms with van der Waals surface area (Å²) in [6.45, 7) is 9.27. The van der Waals surface area contributed by atoms with Gasteiger partial charge in [0.15, 0.2) is 0 Å². The number of amides is 1. The Balaban J connectivity index is 2.24. The van der Waals surface area contributed by atoms with Gasteiger partial charge in [0.2, 0.25) is 15.9 Å². The summed E-state index contributed by atoms with van der Waals surface area (Å²) in [5.74, 6) is 0.0873. The third-order valence-electron chi connectivity index (χ3n) is 4.24. The summed E-state index contributed by atoms with van der Waals surface area (Å²) in [6, 6.07) is 4.76. The van der Waals surface area contributed by atoms with Crippen LogP contribution in [0.1, 0.15) is 47.0 Å². The van der Waals surface area contributed by atoms with Crippen LogP contribution in [0.15, 0.2) is 23.1 Å². The van der Waals surface area contributed by atoms with E-state index in [2.05, 4.69) is 10.6 Å². The summed E-state index contributed by atoms with van der Waals surface area (Å²) in [6.07, 6.45) is 2.76. The van der Waals surface area contributed by atoms with E-state index in [0.717, 1.165) is 19.3 Å². The highest BCUT2D eigenvalue weighted by atomic mass is 32.2. The zero-order valence-corrected chi connectivity index (χ0v) is 17.5. The molecule has 1 aliphatic heterocycles. The Kier molecular flexibility index (Phi) is 7.25. The maximum Gasteiger partial charge on any atom is 0.246 e. The van der Waals surface area contributed by atoms with Gasteiger partial charge in [0.1, 0.15) is 10.6 Å². The number of sulfonamides is 1. The number of ether oxygens (including phenoxy) is 1. The largest absolute Gasteiger partial charge is 0.492 e. The van der Waals surface area contributed by atoms with Crippen molar-refractivity contribution < 1.29 is 17.9 Å². The molecule has 0 saturated carbocycles. The second-order valence-corrected chi connectivity index (χ2v) is 9.62. The minimum atomic E-state index is -3.67. The lowest BCUT2D eigenvalue weighted by Gasteiger charge is -2.27. The van der Waals surface area contributed by atoms with Crippen molar-refractivity contribution in [1.82, 2.24) is 9.62 Å². The van der Waals surface area contributed by atoms with Gasteiger partial charge < -0.3 is 15.4 Å². The lowest BCUT2D eigenvalue weighted by atomic mass is 10.1. The van der Waals surface area contributed by atoms with Crippen molar-refractivity contribution in [2.45, 2.75) is 57.4 Å². The Morgan fingerprint density at radius 2 is 1.85 bits per heavy atom. The Morgan fingerprint density at radius 1 is 1.19 bits per heavy atom. The summed E-state index contributed by atoms with van der Waals surface area (Å²) in [5.41, 5.74) is 0.258. The summed E-state index contributed by atoms with van der Waals surface area (Å²) < 4.78 is 33.2. The van der Waals surface area contributed by atoms with Crippen LogP contribution in [0.4, 0.5) is 5.69 Å². The van der Waals surface area contributed by atoms with Crippen LogP contribution in [0.2, 0.25) is 0 Å². The topological polar surface area (TPSA) is 87.7 Å². The minimum Gasteiger partial charge on any atom is -0.492 e. The minimum absolute atomic E-state index is 0.104. The monoisotopic (exact) mass is 397 g/mol.